The number of para-hydroxylation sites is 1. The minimum absolute atomic E-state index is 0.0830. The van der Waals surface area contributed by atoms with Gasteiger partial charge in [0.2, 0.25) is 0 Å². The molecule has 3 aromatic carbocycles. The summed E-state index contributed by atoms with van der Waals surface area (Å²) in [7, 11) is 1.56. The number of likely N-dealkylation sites (tertiary alicyclic amines) is 1. The molecule has 2 saturated heterocycles. The summed E-state index contributed by atoms with van der Waals surface area (Å²) in [4.78, 5) is 16.8. The number of alkyl halides is 1. The number of halogens is 1. The molecule has 2 aliphatic heterocycles. The van der Waals surface area contributed by atoms with E-state index in [1.165, 1.54) is 0 Å². The van der Waals surface area contributed by atoms with Crippen LogP contribution in [0.25, 0.3) is 33.4 Å². The van der Waals surface area contributed by atoms with E-state index in [0.29, 0.717) is 60.8 Å². The molecule has 6 rings (SSSR count). The first-order valence-electron chi connectivity index (χ1n) is 13.5. The molecule has 2 atom stereocenters. The summed E-state index contributed by atoms with van der Waals surface area (Å²) in [5, 5.41) is 20.2. The van der Waals surface area contributed by atoms with E-state index < -0.39 is 6.17 Å². The first kappa shape index (κ1) is 25.9. The molecule has 2 aliphatic rings. The Morgan fingerprint density at radius 2 is 1.98 bits per heavy atom. The second-order valence-electron chi connectivity index (χ2n) is 10.5. The zero-order valence-corrected chi connectivity index (χ0v) is 22.3. The molecule has 40 heavy (non-hydrogen) atoms. The first-order valence-corrected chi connectivity index (χ1v) is 13.5. The molecular weight excluding hydrogens is 509 g/mol. The van der Waals surface area contributed by atoms with Crippen LogP contribution in [0.3, 0.4) is 0 Å². The minimum atomic E-state index is -0.871. The monoisotopic (exact) mass is 539 g/mol. The van der Waals surface area contributed by atoms with E-state index in [-0.39, 0.29) is 18.4 Å². The molecule has 4 aromatic rings. The number of nitriles is 1. The summed E-state index contributed by atoms with van der Waals surface area (Å²) in [6, 6.07) is 21.1. The number of anilines is 1. The summed E-state index contributed by atoms with van der Waals surface area (Å²) in [6.07, 6.45) is 0.403. The fraction of sp³-hybridized carbons (Fsp3) is 0.312. The fourth-order valence-corrected chi connectivity index (χ4v) is 5.80. The third-order valence-electron chi connectivity index (χ3n) is 7.99. The van der Waals surface area contributed by atoms with Gasteiger partial charge >= 0.3 is 0 Å². The summed E-state index contributed by atoms with van der Waals surface area (Å²) < 4.78 is 25.8. The van der Waals surface area contributed by atoms with Crippen LogP contribution < -0.4 is 9.64 Å². The van der Waals surface area contributed by atoms with Gasteiger partial charge in [0.25, 0.3) is 5.91 Å². The van der Waals surface area contributed by atoms with Gasteiger partial charge in [-0.1, -0.05) is 24.3 Å². The normalized spacial score (nSPS) is 18.9. The minimum Gasteiger partial charge on any atom is -0.496 e. The van der Waals surface area contributed by atoms with Crippen molar-refractivity contribution in [2.45, 2.75) is 19.0 Å². The van der Waals surface area contributed by atoms with Crippen molar-refractivity contribution >= 4 is 22.6 Å². The highest BCUT2D eigenvalue weighted by atomic mass is 19.1. The third-order valence-corrected chi connectivity index (χ3v) is 7.99. The SMILES string of the molecule is COc1cc(C(=O)N2CCC(CO)C2)ccc1-c1cc2cccc(-c3ccc(N4CC[C@H](F)C4)c(C#N)c3)c2o1. The molecule has 1 amide bonds. The van der Waals surface area contributed by atoms with E-state index in [4.69, 9.17) is 9.15 Å². The predicted octanol–water partition coefficient (Wildman–Crippen LogP) is 5.65. The van der Waals surface area contributed by atoms with Gasteiger partial charge in [0.1, 0.15) is 29.3 Å². The van der Waals surface area contributed by atoms with Crippen molar-refractivity contribution in [1.82, 2.24) is 4.90 Å². The highest BCUT2D eigenvalue weighted by Crippen LogP contribution is 2.39. The van der Waals surface area contributed by atoms with Crippen molar-refractivity contribution in [1.29, 1.82) is 5.26 Å². The Morgan fingerprint density at radius 3 is 2.70 bits per heavy atom. The molecule has 0 aliphatic carbocycles. The molecule has 8 heteroatoms. The van der Waals surface area contributed by atoms with Gasteiger partial charge in [0.05, 0.1) is 23.9 Å². The number of carbonyl (C=O) groups is 1. The molecular formula is C32H30FN3O4. The number of aliphatic hydroxyl groups excluding tert-OH is 1. The standard InChI is InChI=1S/C32H30FN3O4/c1-39-29-15-23(32(38)36-11-9-20(17-36)19-37)5-7-27(29)30-14-22-3-2-4-26(31(22)40-30)21-6-8-28(24(13-21)16-34)35-12-10-25(33)18-35/h2-8,13-15,20,25,37H,9-12,17-19H2,1H3/t20?,25-/m0/s1. The number of methoxy groups -OCH3 is 1. The van der Waals surface area contributed by atoms with Crippen LogP contribution in [0.1, 0.15) is 28.8 Å². The number of benzene rings is 3. The Morgan fingerprint density at radius 1 is 1.10 bits per heavy atom. The zero-order chi connectivity index (χ0) is 27.8. The second-order valence-corrected chi connectivity index (χ2v) is 10.5. The predicted molar refractivity (Wildman–Crippen MR) is 151 cm³/mol. The van der Waals surface area contributed by atoms with E-state index >= 15 is 0 Å². The maximum Gasteiger partial charge on any atom is 0.253 e. The molecule has 1 aromatic heterocycles. The van der Waals surface area contributed by atoms with Crippen molar-refractivity contribution in [3.8, 4) is 34.3 Å². The Labute approximate surface area is 232 Å². The summed E-state index contributed by atoms with van der Waals surface area (Å²) in [5.74, 6) is 1.17. The van der Waals surface area contributed by atoms with E-state index in [1.54, 1.807) is 24.1 Å². The highest BCUT2D eigenvalue weighted by molar-refractivity contribution is 5.98. The van der Waals surface area contributed by atoms with Crippen LogP contribution in [0.4, 0.5) is 10.1 Å². The first-order chi connectivity index (χ1) is 19.5. The number of carbonyl (C=O) groups excluding carboxylic acids is 1. The van der Waals surface area contributed by atoms with Gasteiger partial charge < -0.3 is 24.1 Å². The third kappa shape index (κ3) is 4.67. The van der Waals surface area contributed by atoms with Gasteiger partial charge in [-0.3, -0.25) is 4.79 Å². The van der Waals surface area contributed by atoms with Gasteiger partial charge in [-0.15, -0.1) is 0 Å². The van der Waals surface area contributed by atoms with Crippen molar-refractivity contribution in [3.63, 3.8) is 0 Å². The number of hydrogen-bond acceptors (Lipinski definition) is 6. The quantitative estimate of drug-likeness (QED) is 0.341. The van der Waals surface area contributed by atoms with Gasteiger partial charge in [-0.05, 0) is 54.8 Å². The molecule has 1 unspecified atom stereocenters. The highest BCUT2D eigenvalue weighted by Gasteiger charge is 2.28. The molecule has 7 nitrogen and oxygen atoms in total. The van der Waals surface area contributed by atoms with Gasteiger partial charge in [-0.25, -0.2) is 4.39 Å². The van der Waals surface area contributed by atoms with Gasteiger partial charge in [0.15, 0.2) is 0 Å². The van der Waals surface area contributed by atoms with Gasteiger partial charge in [0, 0.05) is 55.2 Å². The maximum atomic E-state index is 13.8. The number of nitrogens with zero attached hydrogens (tertiary/aromatic N) is 3. The maximum absolute atomic E-state index is 13.8. The van der Waals surface area contributed by atoms with Crippen LogP contribution in [-0.4, -0.2) is 62.0 Å². The number of aliphatic hydroxyl groups is 1. The molecule has 3 heterocycles. The molecule has 0 radical (unpaired) electrons. The van der Waals surface area contributed by atoms with Crippen molar-refractivity contribution in [2.24, 2.45) is 5.92 Å². The van der Waals surface area contributed by atoms with Crippen LogP contribution in [0, 0.1) is 17.2 Å². The fourth-order valence-electron chi connectivity index (χ4n) is 5.80. The van der Waals surface area contributed by atoms with Crippen molar-refractivity contribution < 1.29 is 23.4 Å². The topological polar surface area (TPSA) is 89.9 Å². The average molecular weight is 540 g/mol. The summed E-state index contributed by atoms with van der Waals surface area (Å²) in [6.45, 7) is 2.16. The Bertz CT molecular complexity index is 1620. The van der Waals surface area contributed by atoms with Crippen LogP contribution >= 0.6 is 0 Å². The van der Waals surface area contributed by atoms with Gasteiger partial charge in [-0.2, -0.15) is 5.26 Å². The van der Waals surface area contributed by atoms with E-state index in [2.05, 4.69) is 6.07 Å². The summed E-state index contributed by atoms with van der Waals surface area (Å²) in [5.41, 5.74) is 4.85. The molecule has 2 fully saturated rings. The number of hydrogen-bond donors (Lipinski definition) is 1. The lowest BCUT2D eigenvalue weighted by atomic mass is 10.00. The number of fused-ring (bicyclic) bond motifs is 1. The van der Waals surface area contributed by atoms with Crippen LogP contribution in [-0.2, 0) is 0 Å². The Hall–Kier alpha value is -4.35. The molecule has 0 bridgehead atoms. The smallest absolute Gasteiger partial charge is 0.253 e. The average Bonchev–Trinajstić information content (AvgIpc) is 3.75. The lowest BCUT2D eigenvalue weighted by Crippen LogP contribution is -2.29. The Balaban J connectivity index is 1.33. The molecule has 204 valence electrons. The molecule has 0 saturated carbocycles. The lowest BCUT2D eigenvalue weighted by molar-refractivity contribution is 0.0781. The van der Waals surface area contributed by atoms with Crippen LogP contribution in [0.5, 0.6) is 5.75 Å². The lowest BCUT2D eigenvalue weighted by Gasteiger charge is -2.19. The van der Waals surface area contributed by atoms with Crippen LogP contribution in [0.2, 0.25) is 0 Å². The number of amides is 1. The molecule has 1 N–H and O–H groups in total. The van der Waals surface area contributed by atoms with Crippen LogP contribution in [0.15, 0.2) is 65.1 Å². The van der Waals surface area contributed by atoms with Crippen molar-refractivity contribution in [3.05, 3.63) is 71.8 Å². The number of ether oxygens (including phenoxy) is 1. The van der Waals surface area contributed by atoms with E-state index in [9.17, 15) is 19.6 Å². The Kier molecular flexibility index (Phi) is 6.91. The van der Waals surface area contributed by atoms with Crippen molar-refractivity contribution in [2.75, 3.05) is 44.8 Å². The van der Waals surface area contributed by atoms with E-state index in [0.717, 1.165) is 34.2 Å². The second kappa shape index (κ2) is 10.7. The largest absolute Gasteiger partial charge is 0.496 e. The number of furan rings is 1. The molecule has 0 spiro atoms. The van der Waals surface area contributed by atoms with E-state index in [1.807, 2.05) is 53.4 Å². The zero-order valence-electron chi connectivity index (χ0n) is 22.3. The summed E-state index contributed by atoms with van der Waals surface area (Å²) >= 11 is 0. The number of rotatable bonds is 6.